The molecule has 1 N–H and O–H groups in total. The van der Waals surface area contributed by atoms with Gasteiger partial charge in [0.05, 0.1) is 17.4 Å². The van der Waals surface area contributed by atoms with Crippen LogP contribution in [0.1, 0.15) is 19.5 Å². The first-order chi connectivity index (χ1) is 7.63. The van der Waals surface area contributed by atoms with Crippen LogP contribution >= 0.6 is 0 Å². The van der Waals surface area contributed by atoms with Crippen molar-refractivity contribution in [1.82, 2.24) is 20.3 Å². The van der Waals surface area contributed by atoms with Gasteiger partial charge in [-0.1, -0.05) is 23.4 Å². The first kappa shape index (κ1) is 10.8. The summed E-state index contributed by atoms with van der Waals surface area (Å²) < 4.78 is 1.79. The molecule has 0 radical (unpaired) electrons. The van der Waals surface area contributed by atoms with E-state index in [9.17, 15) is 0 Å². The minimum Gasteiger partial charge on any atom is -0.310 e. The zero-order valence-electron chi connectivity index (χ0n) is 9.81. The van der Waals surface area contributed by atoms with Crippen molar-refractivity contribution in [1.29, 1.82) is 0 Å². The maximum Gasteiger partial charge on any atom is 0.103 e. The van der Waals surface area contributed by atoms with E-state index in [1.807, 2.05) is 43.6 Å². The highest BCUT2D eigenvalue weighted by molar-refractivity contribution is 5.30. The van der Waals surface area contributed by atoms with Crippen molar-refractivity contribution >= 4 is 0 Å². The molecular formula is C12H16N4. The Morgan fingerprint density at radius 1 is 1.19 bits per heavy atom. The highest BCUT2D eigenvalue weighted by atomic mass is 15.4. The Kier molecular flexibility index (Phi) is 2.75. The van der Waals surface area contributed by atoms with Crippen molar-refractivity contribution in [2.75, 3.05) is 7.05 Å². The smallest absolute Gasteiger partial charge is 0.103 e. The second kappa shape index (κ2) is 4.06. The Bertz CT molecular complexity index is 459. The van der Waals surface area contributed by atoms with Gasteiger partial charge in [0.15, 0.2) is 0 Å². The molecule has 0 fully saturated rings. The van der Waals surface area contributed by atoms with Gasteiger partial charge in [-0.3, -0.25) is 0 Å². The van der Waals surface area contributed by atoms with Gasteiger partial charge in [-0.2, -0.15) is 0 Å². The number of aromatic nitrogens is 3. The normalized spacial score (nSPS) is 11.7. The average molecular weight is 216 g/mol. The van der Waals surface area contributed by atoms with Gasteiger partial charge in [-0.05, 0) is 33.0 Å². The van der Waals surface area contributed by atoms with Crippen LogP contribution in [0.2, 0.25) is 0 Å². The molecule has 0 saturated carbocycles. The van der Waals surface area contributed by atoms with E-state index in [2.05, 4.69) is 29.5 Å². The highest BCUT2D eigenvalue weighted by Gasteiger charge is 2.21. The van der Waals surface area contributed by atoms with Gasteiger partial charge in [0.2, 0.25) is 0 Å². The monoisotopic (exact) mass is 216 g/mol. The van der Waals surface area contributed by atoms with E-state index in [1.165, 1.54) is 0 Å². The lowest BCUT2D eigenvalue weighted by atomic mass is 10.0. The quantitative estimate of drug-likeness (QED) is 0.849. The molecule has 2 aromatic rings. The summed E-state index contributed by atoms with van der Waals surface area (Å²) in [6.45, 7) is 4.15. The van der Waals surface area contributed by atoms with E-state index in [4.69, 9.17) is 0 Å². The predicted octanol–water partition coefficient (Wildman–Crippen LogP) is 1.72. The van der Waals surface area contributed by atoms with Crippen molar-refractivity contribution in [2.24, 2.45) is 0 Å². The van der Waals surface area contributed by atoms with E-state index in [1.54, 1.807) is 4.68 Å². The molecule has 1 aromatic heterocycles. The van der Waals surface area contributed by atoms with Crippen molar-refractivity contribution in [3.63, 3.8) is 0 Å². The Labute approximate surface area is 95.3 Å². The lowest BCUT2D eigenvalue weighted by molar-refractivity contribution is 0.430. The van der Waals surface area contributed by atoms with Gasteiger partial charge < -0.3 is 5.32 Å². The fourth-order valence-electron chi connectivity index (χ4n) is 1.39. The lowest BCUT2D eigenvalue weighted by Crippen LogP contribution is -2.33. The predicted molar refractivity (Wildman–Crippen MR) is 63.4 cm³/mol. The Balaban J connectivity index is 2.34. The first-order valence-corrected chi connectivity index (χ1v) is 5.30. The Morgan fingerprint density at radius 2 is 1.88 bits per heavy atom. The van der Waals surface area contributed by atoms with Crippen molar-refractivity contribution in [3.8, 4) is 5.69 Å². The molecule has 4 heteroatoms. The number of benzene rings is 1. The second-order valence-electron chi connectivity index (χ2n) is 4.26. The molecule has 4 nitrogen and oxygen atoms in total. The summed E-state index contributed by atoms with van der Waals surface area (Å²) in [5.74, 6) is 0. The zero-order chi connectivity index (χ0) is 11.6. The maximum atomic E-state index is 4.19. The lowest BCUT2D eigenvalue weighted by Gasteiger charge is -2.20. The van der Waals surface area contributed by atoms with E-state index in [0.29, 0.717) is 0 Å². The molecule has 84 valence electrons. The van der Waals surface area contributed by atoms with Crippen LogP contribution in [0.3, 0.4) is 0 Å². The average Bonchev–Trinajstić information content (AvgIpc) is 2.80. The third-order valence-electron chi connectivity index (χ3n) is 2.78. The summed E-state index contributed by atoms with van der Waals surface area (Å²) in [4.78, 5) is 0. The Morgan fingerprint density at radius 3 is 2.50 bits per heavy atom. The van der Waals surface area contributed by atoms with Crippen molar-refractivity contribution in [3.05, 3.63) is 42.2 Å². The molecule has 0 atom stereocenters. The van der Waals surface area contributed by atoms with Crippen LogP contribution in [0.25, 0.3) is 5.69 Å². The molecule has 0 unspecified atom stereocenters. The van der Waals surface area contributed by atoms with Crippen LogP contribution in [0, 0.1) is 0 Å². The highest BCUT2D eigenvalue weighted by Crippen LogP contribution is 2.17. The topological polar surface area (TPSA) is 42.7 Å². The summed E-state index contributed by atoms with van der Waals surface area (Å²) in [5, 5.41) is 11.5. The summed E-state index contributed by atoms with van der Waals surface area (Å²) >= 11 is 0. The van der Waals surface area contributed by atoms with Gasteiger partial charge in [0.25, 0.3) is 0 Å². The fraction of sp³-hybridized carbons (Fsp3) is 0.333. The summed E-state index contributed by atoms with van der Waals surface area (Å²) in [5.41, 5.74) is 1.79. The summed E-state index contributed by atoms with van der Waals surface area (Å²) in [6, 6.07) is 9.97. The standard InChI is InChI=1S/C12H16N4/c1-12(2,13-3)11-9-16(15-14-11)10-7-5-4-6-8-10/h4-9,13H,1-3H3. The van der Waals surface area contributed by atoms with Gasteiger partial charge in [0.1, 0.15) is 5.69 Å². The van der Waals surface area contributed by atoms with Crippen LogP contribution in [0.5, 0.6) is 0 Å². The largest absolute Gasteiger partial charge is 0.310 e. The van der Waals surface area contributed by atoms with Gasteiger partial charge in [0, 0.05) is 0 Å². The zero-order valence-corrected chi connectivity index (χ0v) is 9.81. The number of rotatable bonds is 3. The second-order valence-corrected chi connectivity index (χ2v) is 4.26. The van der Waals surface area contributed by atoms with Gasteiger partial charge >= 0.3 is 0 Å². The molecular weight excluding hydrogens is 200 g/mol. The van der Waals surface area contributed by atoms with Crippen molar-refractivity contribution < 1.29 is 0 Å². The number of nitrogens with one attached hydrogen (secondary N) is 1. The SMILES string of the molecule is CNC(C)(C)c1cn(-c2ccccc2)nn1. The molecule has 0 aliphatic carbocycles. The van der Waals surface area contributed by atoms with E-state index < -0.39 is 0 Å². The number of para-hydroxylation sites is 1. The van der Waals surface area contributed by atoms with Crippen LogP contribution in [-0.2, 0) is 5.54 Å². The molecule has 0 amide bonds. The third kappa shape index (κ3) is 1.97. The minimum atomic E-state index is -0.160. The van der Waals surface area contributed by atoms with Crippen LogP contribution < -0.4 is 5.32 Å². The van der Waals surface area contributed by atoms with Gasteiger partial charge in [-0.15, -0.1) is 5.10 Å². The van der Waals surface area contributed by atoms with Gasteiger partial charge in [-0.25, -0.2) is 4.68 Å². The molecule has 1 aromatic carbocycles. The van der Waals surface area contributed by atoms with Crippen LogP contribution in [-0.4, -0.2) is 22.0 Å². The maximum absolute atomic E-state index is 4.19. The van der Waals surface area contributed by atoms with E-state index in [-0.39, 0.29) is 5.54 Å². The first-order valence-electron chi connectivity index (χ1n) is 5.30. The number of nitrogens with zero attached hydrogens (tertiary/aromatic N) is 3. The number of hydrogen-bond acceptors (Lipinski definition) is 3. The van der Waals surface area contributed by atoms with Crippen LogP contribution in [0.15, 0.2) is 36.5 Å². The molecule has 1 heterocycles. The molecule has 0 aliphatic rings. The van der Waals surface area contributed by atoms with E-state index in [0.717, 1.165) is 11.4 Å². The van der Waals surface area contributed by atoms with Crippen molar-refractivity contribution in [2.45, 2.75) is 19.4 Å². The summed E-state index contributed by atoms with van der Waals surface area (Å²) in [7, 11) is 1.92. The molecule has 0 bridgehead atoms. The van der Waals surface area contributed by atoms with Crippen LogP contribution in [0.4, 0.5) is 0 Å². The molecule has 16 heavy (non-hydrogen) atoms. The molecule has 0 aliphatic heterocycles. The minimum absolute atomic E-state index is 0.160. The molecule has 2 rings (SSSR count). The Hall–Kier alpha value is -1.68. The third-order valence-corrected chi connectivity index (χ3v) is 2.78. The molecule has 0 spiro atoms. The molecule has 0 saturated heterocycles. The fourth-order valence-corrected chi connectivity index (χ4v) is 1.39. The van der Waals surface area contributed by atoms with E-state index >= 15 is 0 Å². The number of hydrogen-bond donors (Lipinski definition) is 1. The summed E-state index contributed by atoms with van der Waals surface area (Å²) in [6.07, 6.45) is 1.95.